The Bertz CT molecular complexity index is 636. The van der Waals surface area contributed by atoms with Gasteiger partial charge in [-0.05, 0) is 36.8 Å². The number of H-pyrrole nitrogens is 1. The minimum Gasteiger partial charge on any atom is -0.497 e. The van der Waals surface area contributed by atoms with Crippen molar-refractivity contribution in [2.75, 3.05) is 11.8 Å². The zero-order valence-corrected chi connectivity index (χ0v) is 10.8. The zero-order chi connectivity index (χ0) is 13.2. The fourth-order valence-electron chi connectivity index (χ4n) is 1.47. The second-order valence-corrected chi connectivity index (χ2v) is 5.36. The van der Waals surface area contributed by atoms with Crippen molar-refractivity contribution in [1.29, 1.82) is 0 Å². The largest absolute Gasteiger partial charge is 0.497 e. The molecular formula is C11H13N3O3S. The maximum atomic E-state index is 12.0. The highest BCUT2D eigenvalue weighted by Gasteiger charge is 2.16. The molecule has 0 unspecified atom stereocenters. The molecule has 0 spiro atoms. The molecule has 0 aliphatic heterocycles. The molecule has 0 fully saturated rings. The van der Waals surface area contributed by atoms with Gasteiger partial charge < -0.3 is 4.74 Å². The van der Waals surface area contributed by atoms with Crippen molar-refractivity contribution >= 4 is 15.7 Å². The number of aromatic amines is 1. The number of nitrogens with one attached hydrogen (secondary N) is 2. The number of sulfonamides is 1. The average molecular weight is 267 g/mol. The lowest BCUT2D eigenvalue weighted by Gasteiger charge is -2.10. The zero-order valence-electron chi connectivity index (χ0n) is 9.97. The Labute approximate surface area is 105 Å². The Morgan fingerprint density at radius 1 is 1.33 bits per heavy atom. The van der Waals surface area contributed by atoms with E-state index in [0.717, 1.165) is 5.56 Å². The van der Waals surface area contributed by atoms with Crippen LogP contribution in [0, 0.1) is 6.92 Å². The number of aromatic nitrogens is 2. The Hall–Kier alpha value is -2.02. The van der Waals surface area contributed by atoms with E-state index >= 15 is 0 Å². The van der Waals surface area contributed by atoms with Crippen LogP contribution < -0.4 is 9.46 Å². The SMILES string of the molecule is COc1ccc(NS(=O)(=O)c2ccn[nH]2)c(C)c1. The second kappa shape index (κ2) is 4.69. The van der Waals surface area contributed by atoms with Gasteiger partial charge in [-0.3, -0.25) is 9.82 Å². The van der Waals surface area contributed by atoms with E-state index < -0.39 is 10.0 Å². The molecule has 7 heteroatoms. The molecule has 18 heavy (non-hydrogen) atoms. The lowest BCUT2D eigenvalue weighted by molar-refractivity contribution is 0.414. The van der Waals surface area contributed by atoms with Crippen LogP contribution in [-0.2, 0) is 10.0 Å². The summed E-state index contributed by atoms with van der Waals surface area (Å²) in [7, 11) is -2.06. The summed E-state index contributed by atoms with van der Waals surface area (Å²) in [5, 5.41) is 6.06. The first-order valence-electron chi connectivity index (χ1n) is 5.20. The molecule has 96 valence electrons. The summed E-state index contributed by atoms with van der Waals surface area (Å²) in [6.07, 6.45) is 1.38. The van der Waals surface area contributed by atoms with Crippen LogP contribution in [0.1, 0.15) is 5.56 Å². The monoisotopic (exact) mass is 267 g/mol. The smallest absolute Gasteiger partial charge is 0.278 e. The summed E-state index contributed by atoms with van der Waals surface area (Å²) in [6, 6.07) is 6.49. The maximum absolute atomic E-state index is 12.0. The van der Waals surface area contributed by atoms with Gasteiger partial charge in [0, 0.05) is 0 Å². The van der Waals surface area contributed by atoms with E-state index in [1.54, 1.807) is 32.2 Å². The quantitative estimate of drug-likeness (QED) is 0.879. The van der Waals surface area contributed by atoms with Gasteiger partial charge >= 0.3 is 0 Å². The molecule has 1 aromatic heterocycles. The van der Waals surface area contributed by atoms with Gasteiger partial charge in [-0.25, -0.2) is 0 Å². The van der Waals surface area contributed by atoms with Crippen molar-refractivity contribution in [2.24, 2.45) is 0 Å². The summed E-state index contributed by atoms with van der Waals surface area (Å²) < 4.78 is 31.5. The van der Waals surface area contributed by atoms with E-state index in [2.05, 4.69) is 14.9 Å². The number of anilines is 1. The summed E-state index contributed by atoms with van der Waals surface area (Å²) in [5.41, 5.74) is 1.28. The van der Waals surface area contributed by atoms with Crippen LogP contribution in [0.2, 0.25) is 0 Å². The lowest BCUT2D eigenvalue weighted by atomic mass is 10.2. The van der Waals surface area contributed by atoms with Gasteiger partial charge in [0.15, 0.2) is 5.03 Å². The summed E-state index contributed by atoms with van der Waals surface area (Å²) >= 11 is 0. The van der Waals surface area contributed by atoms with Crippen molar-refractivity contribution in [3.8, 4) is 5.75 Å². The molecule has 6 nitrogen and oxygen atoms in total. The summed E-state index contributed by atoms with van der Waals surface area (Å²) in [4.78, 5) is 0. The third kappa shape index (κ3) is 2.45. The van der Waals surface area contributed by atoms with Crippen LogP contribution in [0.4, 0.5) is 5.69 Å². The predicted octanol–water partition coefficient (Wildman–Crippen LogP) is 1.53. The third-order valence-corrected chi connectivity index (χ3v) is 3.74. The number of ether oxygens (including phenoxy) is 1. The first-order valence-corrected chi connectivity index (χ1v) is 6.68. The van der Waals surface area contributed by atoms with Crippen molar-refractivity contribution in [3.63, 3.8) is 0 Å². The Morgan fingerprint density at radius 2 is 2.11 bits per heavy atom. The van der Waals surface area contributed by atoms with Gasteiger partial charge in [0.2, 0.25) is 0 Å². The van der Waals surface area contributed by atoms with Crippen LogP contribution in [0.15, 0.2) is 35.5 Å². The topological polar surface area (TPSA) is 84.1 Å². The van der Waals surface area contributed by atoms with E-state index in [-0.39, 0.29) is 5.03 Å². The van der Waals surface area contributed by atoms with Crippen molar-refractivity contribution in [2.45, 2.75) is 11.9 Å². The molecule has 0 saturated carbocycles. The average Bonchev–Trinajstić information content (AvgIpc) is 2.86. The number of hydrogen-bond acceptors (Lipinski definition) is 4. The fourth-order valence-corrected chi connectivity index (χ4v) is 2.51. The summed E-state index contributed by atoms with van der Waals surface area (Å²) in [5.74, 6) is 0.678. The van der Waals surface area contributed by atoms with Crippen molar-refractivity contribution in [3.05, 3.63) is 36.0 Å². The number of hydrogen-bond donors (Lipinski definition) is 2. The third-order valence-electron chi connectivity index (χ3n) is 2.44. The van der Waals surface area contributed by atoms with E-state index in [1.807, 2.05) is 0 Å². The highest BCUT2D eigenvalue weighted by Crippen LogP contribution is 2.23. The lowest BCUT2D eigenvalue weighted by Crippen LogP contribution is -2.14. The predicted molar refractivity (Wildman–Crippen MR) is 67.1 cm³/mol. The summed E-state index contributed by atoms with van der Waals surface area (Å²) in [6.45, 7) is 1.80. The van der Waals surface area contributed by atoms with Crippen LogP contribution in [-0.4, -0.2) is 25.7 Å². The minimum atomic E-state index is -3.62. The van der Waals surface area contributed by atoms with Crippen molar-refractivity contribution in [1.82, 2.24) is 10.2 Å². The molecule has 0 aliphatic rings. The van der Waals surface area contributed by atoms with Crippen molar-refractivity contribution < 1.29 is 13.2 Å². The van der Waals surface area contributed by atoms with Crippen LogP contribution in [0.25, 0.3) is 0 Å². The Kier molecular flexibility index (Phi) is 3.24. The van der Waals surface area contributed by atoms with E-state index in [9.17, 15) is 8.42 Å². The maximum Gasteiger partial charge on any atom is 0.278 e. The Morgan fingerprint density at radius 3 is 2.67 bits per heavy atom. The first-order chi connectivity index (χ1) is 8.53. The molecule has 2 N–H and O–H groups in total. The first kappa shape index (κ1) is 12.4. The minimum absolute atomic E-state index is 0.0257. The molecule has 2 aromatic rings. The fraction of sp³-hybridized carbons (Fsp3) is 0.182. The van der Waals surface area contributed by atoms with Gasteiger partial charge in [0.25, 0.3) is 10.0 Å². The molecule has 2 rings (SSSR count). The van der Waals surface area contributed by atoms with E-state index in [1.165, 1.54) is 12.3 Å². The van der Waals surface area contributed by atoms with E-state index in [0.29, 0.717) is 11.4 Å². The highest BCUT2D eigenvalue weighted by atomic mass is 32.2. The van der Waals surface area contributed by atoms with E-state index in [4.69, 9.17) is 4.74 Å². The Balaban J connectivity index is 2.30. The molecule has 0 bridgehead atoms. The second-order valence-electron chi connectivity index (χ2n) is 3.71. The number of nitrogens with zero attached hydrogens (tertiary/aromatic N) is 1. The highest BCUT2D eigenvalue weighted by molar-refractivity contribution is 7.92. The molecule has 0 amide bonds. The molecule has 0 radical (unpaired) electrons. The number of aryl methyl sites for hydroxylation is 1. The van der Waals surface area contributed by atoms with Crippen LogP contribution in [0.5, 0.6) is 5.75 Å². The molecule has 0 atom stereocenters. The number of benzene rings is 1. The van der Waals surface area contributed by atoms with Gasteiger partial charge in [-0.15, -0.1) is 0 Å². The van der Waals surface area contributed by atoms with Crippen LogP contribution in [0.3, 0.4) is 0 Å². The molecule has 1 aromatic carbocycles. The molecule has 0 saturated heterocycles. The molecular weight excluding hydrogens is 254 g/mol. The molecule has 0 aliphatic carbocycles. The standard InChI is InChI=1S/C11H13N3O3S/c1-8-7-9(17-2)3-4-10(8)14-18(15,16)11-5-6-12-13-11/h3-7,14H,1-2H3,(H,12,13). The van der Waals surface area contributed by atoms with Gasteiger partial charge in [-0.2, -0.15) is 13.5 Å². The number of rotatable bonds is 4. The van der Waals surface area contributed by atoms with Gasteiger partial charge in [0.05, 0.1) is 19.0 Å². The van der Waals surface area contributed by atoms with Gasteiger partial charge in [-0.1, -0.05) is 0 Å². The normalized spacial score (nSPS) is 11.2. The van der Waals surface area contributed by atoms with Crippen LogP contribution >= 0.6 is 0 Å². The number of methoxy groups -OCH3 is 1. The molecule has 1 heterocycles. The van der Waals surface area contributed by atoms with Gasteiger partial charge in [0.1, 0.15) is 5.75 Å².